The number of halogens is 3. The average molecular weight is 404 g/mol. The summed E-state index contributed by atoms with van der Waals surface area (Å²) in [6, 6.07) is 5.51. The number of H-pyrrole nitrogens is 1. The Kier molecular flexibility index (Phi) is 6.88. The zero-order valence-electron chi connectivity index (χ0n) is 14.6. The second-order valence-electron chi connectivity index (χ2n) is 6.12. The number of benzene rings is 1. The van der Waals surface area contributed by atoms with Crippen LogP contribution < -0.4 is 10.1 Å². The minimum absolute atomic E-state index is 0.0962. The van der Waals surface area contributed by atoms with Crippen molar-refractivity contribution >= 4 is 35.0 Å². The van der Waals surface area contributed by atoms with E-state index < -0.39 is 5.57 Å². The van der Waals surface area contributed by atoms with Gasteiger partial charge in [-0.1, -0.05) is 25.6 Å². The smallest absolute Gasteiger partial charge is 0.420 e. The Balaban J connectivity index is 1.85. The molecule has 0 bridgehead atoms. The van der Waals surface area contributed by atoms with Gasteiger partial charge in [-0.05, 0) is 43.5 Å². The van der Waals surface area contributed by atoms with Crippen LogP contribution in [0.4, 0.5) is 14.5 Å². The number of aryl methyl sites for hydroxylation is 1. The van der Waals surface area contributed by atoms with Gasteiger partial charge < -0.3 is 15.0 Å². The first-order chi connectivity index (χ1) is 12.1. The van der Waals surface area contributed by atoms with Crippen molar-refractivity contribution in [2.45, 2.75) is 37.9 Å². The van der Waals surface area contributed by atoms with Crippen molar-refractivity contribution in [1.82, 2.24) is 9.97 Å². The van der Waals surface area contributed by atoms with E-state index in [-0.39, 0.29) is 17.4 Å². The first kappa shape index (κ1) is 20.5. The lowest BCUT2D eigenvalue weighted by molar-refractivity contribution is -0.113. The Labute approximate surface area is 159 Å². The Morgan fingerprint density at radius 1 is 1.38 bits per heavy atom. The number of aromatic nitrogens is 2. The van der Waals surface area contributed by atoms with E-state index in [1.54, 1.807) is 0 Å². The van der Waals surface area contributed by atoms with Crippen molar-refractivity contribution in [2.75, 3.05) is 11.1 Å². The summed E-state index contributed by atoms with van der Waals surface area (Å²) in [5.41, 5.74) is -1.28. The third kappa shape index (κ3) is 6.84. The first-order valence-corrected chi connectivity index (χ1v) is 9.32. The maximum Gasteiger partial charge on any atom is 0.487 e. The minimum atomic E-state index is -3.77. The SMILES string of the molecule is Cc1[nH]c(SCC(=O)Nc2ccc(OC(F)(F)Cl)cc2)nc1CC(C)C. The molecule has 5 nitrogen and oxygen atoms in total. The molecule has 2 rings (SSSR count). The van der Waals surface area contributed by atoms with E-state index in [9.17, 15) is 13.6 Å². The molecule has 1 heterocycles. The van der Waals surface area contributed by atoms with Gasteiger partial charge >= 0.3 is 5.57 Å². The molecular weight excluding hydrogens is 384 g/mol. The number of alkyl halides is 3. The molecule has 0 aliphatic heterocycles. The van der Waals surface area contributed by atoms with Gasteiger partial charge in [-0.3, -0.25) is 4.79 Å². The summed E-state index contributed by atoms with van der Waals surface area (Å²) in [4.78, 5) is 19.7. The Morgan fingerprint density at radius 3 is 2.62 bits per heavy atom. The number of ether oxygens (including phenoxy) is 1. The molecule has 26 heavy (non-hydrogen) atoms. The maximum atomic E-state index is 12.5. The molecule has 0 saturated heterocycles. The fraction of sp³-hybridized carbons (Fsp3) is 0.412. The summed E-state index contributed by atoms with van der Waals surface area (Å²) in [6.07, 6.45) is 0.880. The summed E-state index contributed by atoms with van der Waals surface area (Å²) in [5, 5.41) is 3.37. The van der Waals surface area contributed by atoms with Gasteiger partial charge in [-0.2, -0.15) is 0 Å². The second-order valence-corrected chi connectivity index (χ2v) is 7.52. The lowest BCUT2D eigenvalue weighted by Crippen LogP contribution is -2.16. The number of aromatic amines is 1. The van der Waals surface area contributed by atoms with Gasteiger partial charge in [0.25, 0.3) is 0 Å². The highest BCUT2D eigenvalue weighted by Gasteiger charge is 2.27. The molecule has 0 spiro atoms. The van der Waals surface area contributed by atoms with Crippen LogP contribution in [-0.4, -0.2) is 27.2 Å². The zero-order chi connectivity index (χ0) is 19.3. The molecule has 2 N–H and O–H groups in total. The van der Waals surface area contributed by atoms with Crippen LogP contribution in [0.1, 0.15) is 25.2 Å². The van der Waals surface area contributed by atoms with Gasteiger partial charge in [0.2, 0.25) is 5.91 Å². The number of rotatable bonds is 8. The van der Waals surface area contributed by atoms with E-state index in [1.165, 1.54) is 36.0 Å². The van der Waals surface area contributed by atoms with Crippen LogP contribution in [-0.2, 0) is 11.2 Å². The highest BCUT2D eigenvalue weighted by molar-refractivity contribution is 7.99. The molecule has 0 unspecified atom stereocenters. The number of hydrogen-bond acceptors (Lipinski definition) is 4. The Hall–Kier alpha value is -1.80. The maximum absolute atomic E-state index is 12.5. The summed E-state index contributed by atoms with van der Waals surface area (Å²) >= 11 is 6.00. The number of thioether (sulfide) groups is 1. The first-order valence-electron chi connectivity index (χ1n) is 7.96. The summed E-state index contributed by atoms with van der Waals surface area (Å²) in [6.45, 7) is 6.21. The molecule has 1 amide bonds. The van der Waals surface area contributed by atoms with Crippen molar-refractivity contribution in [3.63, 3.8) is 0 Å². The number of hydrogen-bond donors (Lipinski definition) is 2. The van der Waals surface area contributed by atoms with E-state index in [4.69, 9.17) is 11.6 Å². The number of nitrogens with one attached hydrogen (secondary N) is 2. The lowest BCUT2D eigenvalue weighted by Gasteiger charge is -2.11. The van der Waals surface area contributed by atoms with Crippen LogP contribution in [0.25, 0.3) is 0 Å². The number of anilines is 1. The summed E-state index contributed by atoms with van der Waals surface area (Å²) < 4.78 is 29.3. The summed E-state index contributed by atoms with van der Waals surface area (Å²) in [7, 11) is 0. The highest BCUT2D eigenvalue weighted by atomic mass is 35.5. The van der Waals surface area contributed by atoms with Gasteiger partial charge in [0.1, 0.15) is 5.75 Å². The predicted molar refractivity (Wildman–Crippen MR) is 99.1 cm³/mol. The molecule has 9 heteroatoms. The van der Waals surface area contributed by atoms with Crippen molar-refractivity contribution < 1.29 is 18.3 Å². The average Bonchev–Trinajstić information content (AvgIpc) is 2.85. The van der Waals surface area contributed by atoms with Crippen molar-refractivity contribution in [1.29, 1.82) is 0 Å². The lowest BCUT2D eigenvalue weighted by atomic mass is 10.1. The van der Waals surface area contributed by atoms with Gasteiger partial charge in [0.05, 0.1) is 11.4 Å². The standard InChI is InChI=1S/C17H20ClF2N3O2S/c1-10(2)8-14-11(3)21-16(23-14)26-9-15(24)22-12-4-6-13(7-5-12)25-17(18,19)20/h4-7,10H,8-9H2,1-3H3,(H,21,23)(H,22,24). The molecule has 0 saturated carbocycles. The number of carbonyl (C=O) groups is 1. The number of imidazole rings is 1. The normalized spacial score (nSPS) is 11.7. The number of amides is 1. The molecular formula is C17H20ClF2N3O2S. The van der Waals surface area contributed by atoms with Gasteiger partial charge in [-0.25, -0.2) is 4.98 Å². The number of carbonyl (C=O) groups excluding carboxylic acids is 1. The molecule has 142 valence electrons. The van der Waals surface area contributed by atoms with E-state index in [0.717, 1.165) is 17.8 Å². The fourth-order valence-electron chi connectivity index (χ4n) is 2.19. The van der Waals surface area contributed by atoms with Crippen LogP contribution in [0.15, 0.2) is 29.4 Å². The van der Waals surface area contributed by atoms with Crippen LogP contribution >= 0.6 is 23.4 Å². The van der Waals surface area contributed by atoms with Gasteiger partial charge in [-0.15, -0.1) is 8.78 Å². The minimum Gasteiger partial charge on any atom is -0.420 e. The van der Waals surface area contributed by atoms with E-state index in [2.05, 4.69) is 33.9 Å². The predicted octanol–water partition coefficient (Wildman–Crippen LogP) is 4.82. The molecule has 0 radical (unpaired) electrons. The third-order valence-electron chi connectivity index (χ3n) is 3.28. The van der Waals surface area contributed by atoms with Crippen LogP contribution in [0.3, 0.4) is 0 Å². The quantitative estimate of drug-likeness (QED) is 0.490. The molecule has 2 aromatic rings. The van der Waals surface area contributed by atoms with Crippen molar-refractivity contribution in [2.24, 2.45) is 5.92 Å². The molecule has 1 aromatic heterocycles. The van der Waals surface area contributed by atoms with Gasteiger partial charge in [0.15, 0.2) is 5.16 Å². The van der Waals surface area contributed by atoms with Crippen molar-refractivity contribution in [3.05, 3.63) is 35.7 Å². The van der Waals surface area contributed by atoms with E-state index in [1.807, 2.05) is 6.92 Å². The topological polar surface area (TPSA) is 67.0 Å². The van der Waals surface area contributed by atoms with Crippen molar-refractivity contribution in [3.8, 4) is 5.75 Å². The monoisotopic (exact) mass is 403 g/mol. The molecule has 1 aromatic carbocycles. The third-order valence-corrected chi connectivity index (χ3v) is 4.23. The molecule has 0 aliphatic carbocycles. The van der Waals surface area contributed by atoms with E-state index >= 15 is 0 Å². The Bertz CT molecular complexity index is 745. The largest absolute Gasteiger partial charge is 0.487 e. The second kappa shape index (κ2) is 8.73. The van der Waals surface area contributed by atoms with Crippen LogP contribution in [0.5, 0.6) is 5.75 Å². The van der Waals surface area contributed by atoms with Gasteiger partial charge in [0, 0.05) is 23.0 Å². The fourth-order valence-corrected chi connectivity index (χ4v) is 3.02. The summed E-state index contributed by atoms with van der Waals surface area (Å²) in [5.74, 6) is 0.349. The molecule has 0 fully saturated rings. The van der Waals surface area contributed by atoms with Crippen LogP contribution in [0.2, 0.25) is 0 Å². The van der Waals surface area contributed by atoms with Crippen LogP contribution in [0, 0.1) is 12.8 Å². The molecule has 0 aliphatic rings. The Morgan fingerprint density at radius 2 is 2.04 bits per heavy atom. The van der Waals surface area contributed by atoms with E-state index in [0.29, 0.717) is 16.8 Å². The molecule has 0 atom stereocenters. The zero-order valence-corrected chi connectivity index (χ0v) is 16.2. The number of nitrogens with zero attached hydrogens (tertiary/aromatic N) is 1. The highest BCUT2D eigenvalue weighted by Crippen LogP contribution is 2.26.